The Labute approximate surface area is 219 Å². The zero-order chi connectivity index (χ0) is 26.3. The molecule has 1 atom stereocenters. The lowest BCUT2D eigenvalue weighted by atomic mass is 9.83. The smallest absolute Gasteiger partial charge is 0.264 e. The quantitative estimate of drug-likeness (QED) is 0.472. The van der Waals surface area contributed by atoms with Crippen molar-refractivity contribution in [2.75, 3.05) is 22.9 Å². The Morgan fingerprint density at radius 2 is 1.38 bits per heavy atom. The molecule has 5 rings (SSSR count). The first-order valence-corrected chi connectivity index (χ1v) is 14.1. The van der Waals surface area contributed by atoms with Crippen LogP contribution in [-0.4, -0.2) is 48.2 Å². The van der Waals surface area contributed by atoms with E-state index in [1.807, 2.05) is 38.1 Å². The van der Waals surface area contributed by atoms with E-state index in [1.54, 1.807) is 9.80 Å². The highest BCUT2D eigenvalue weighted by Crippen LogP contribution is 2.42. The summed E-state index contributed by atoms with van der Waals surface area (Å²) in [6, 6.07) is 6.33. The molecule has 3 saturated carbocycles. The van der Waals surface area contributed by atoms with Gasteiger partial charge in [-0.05, 0) is 74.3 Å². The Kier molecular flexibility index (Phi) is 7.14. The number of hydrogen-bond acceptors (Lipinski definition) is 5. The maximum atomic E-state index is 14.2. The highest BCUT2D eigenvalue weighted by molar-refractivity contribution is 6.37. The zero-order valence-electron chi connectivity index (χ0n) is 22.1. The predicted molar refractivity (Wildman–Crippen MR) is 142 cm³/mol. The number of carbonyl (C=O) groups is 4. The summed E-state index contributed by atoms with van der Waals surface area (Å²) in [5, 5.41) is 2.87. The lowest BCUT2D eigenvalue weighted by Crippen LogP contribution is -2.72. The highest BCUT2D eigenvalue weighted by Gasteiger charge is 2.58. The van der Waals surface area contributed by atoms with Crippen molar-refractivity contribution >= 4 is 34.9 Å². The Bertz CT molecular complexity index is 1020. The maximum Gasteiger partial charge on any atom is 0.264 e. The monoisotopic (exact) mass is 508 g/mol. The van der Waals surface area contributed by atoms with Crippen LogP contribution in [0.4, 0.5) is 11.4 Å². The van der Waals surface area contributed by atoms with Crippen LogP contribution < -0.4 is 20.9 Å². The van der Waals surface area contributed by atoms with E-state index in [1.165, 1.54) is 0 Å². The fraction of sp³-hybridized carbons (Fsp3) is 0.655. The van der Waals surface area contributed by atoms with E-state index in [4.69, 9.17) is 5.73 Å². The lowest BCUT2D eigenvalue weighted by Gasteiger charge is -2.34. The summed E-state index contributed by atoms with van der Waals surface area (Å²) in [4.78, 5) is 58.7. The predicted octanol–water partition coefficient (Wildman–Crippen LogP) is 3.17. The standard InChI is InChI=1S/C29H40N4O4/c1-18(2)25(31-24(34)15-19-7-3-4-8-19)26(35)29(30)27(36)32(16-20-11-12-20)22-9-5-6-10-23(22)33(28(29)37)17-21-13-14-21/h5-6,9-10,18-21,25H,3-4,7-8,11-17,30H2,1-2H3,(H,31,34)/t25-/m0/s1. The molecular weight excluding hydrogens is 468 g/mol. The van der Waals surface area contributed by atoms with E-state index in [9.17, 15) is 19.2 Å². The molecule has 8 nitrogen and oxygen atoms in total. The molecule has 0 saturated heterocycles. The third-order valence-electron chi connectivity index (χ3n) is 8.51. The van der Waals surface area contributed by atoms with Gasteiger partial charge in [-0.25, -0.2) is 0 Å². The molecule has 1 aromatic carbocycles. The normalized spacial score (nSPS) is 22.7. The van der Waals surface area contributed by atoms with Crippen molar-refractivity contribution in [1.29, 1.82) is 0 Å². The number of anilines is 2. The van der Waals surface area contributed by atoms with E-state index < -0.39 is 29.2 Å². The summed E-state index contributed by atoms with van der Waals surface area (Å²) < 4.78 is 0. The number of hydrogen-bond donors (Lipinski definition) is 2. The SMILES string of the molecule is CC(C)[C@H](NC(=O)CC1CCCC1)C(=O)C1(N)C(=O)N(CC2CC2)c2ccccc2N(CC2CC2)C1=O. The van der Waals surface area contributed by atoms with E-state index >= 15 is 0 Å². The summed E-state index contributed by atoms with van der Waals surface area (Å²) in [7, 11) is 0. The van der Waals surface area contributed by atoms with Crippen LogP contribution in [0.15, 0.2) is 24.3 Å². The molecule has 37 heavy (non-hydrogen) atoms. The van der Waals surface area contributed by atoms with Crippen molar-refractivity contribution in [2.45, 2.75) is 83.2 Å². The summed E-state index contributed by atoms with van der Waals surface area (Å²) >= 11 is 0. The number of ketones is 1. The number of nitrogens with two attached hydrogens (primary N) is 1. The van der Waals surface area contributed by atoms with Gasteiger partial charge in [0, 0.05) is 19.5 Å². The van der Waals surface area contributed by atoms with Gasteiger partial charge in [0.15, 0.2) is 5.78 Å². The lowest BCUT2D eigenvalue weighted by molar-refractivity contribution is -0.144. The number of amides is 3. The molecule has 3 aliphatic carbocycles. The first kappa shape index (κ1) is 25.9. The topological polar surface area (TPSA) is 113 Å². The Hall–Kier alpha value is -2.74. The number of Topliss-reactive ketones (excluding diaryl/α,β-unsaturated/α-hetero) is 1. The molecule has 0 spiro atoms. The van der Waals surface area contributed by atoms with Gasteiger partial charge < -0.3 is 20.9 Å². The average molecular weight is 509 g/mol. The first-order valence-electron chi connectivity index (χ1n) is 14.1. The van der Waals surface area contributed by atoms with Crippen LogP contribution in [0.1, 0.15) is 71.6 Å². The second-order valence-corrected chi connectivity index (χ2v) is 12.0. The van der Waals surface area contributed by atoms with E-state index in [0.717, 1.165) is 51.4 Å². The van der Waals surface area contributed by atoms with Gasteiger partial charge in [0.25, 0.3) is 11.8 Å². The molecule has 0 unspecified atom stereocenters. The molecule has 200 valence electrons. The third-order valence-corrected chi connectivity index (χ3v) is 8.51. The Balaban J connectivity index is 1.50. The minimum absolute atomic E-state index is 0.218. The zero-order valence-corrected chi connectivity index (χ0v) is 22.1. The van der Waals surface area contributed by atoms with Crippen molar-refractivity contribution in [1.82, 2.24) is 5.32 Å². The molecular formula is C29H40N4O4. The number of nitrogens with zero attached hydrogens (tertiary/aromatic N) is 2. The maximum absolute atomic E-state index is 14.2. The Morgan fingerprint density at radius 3 is 1.81 bits per heavy atom. The number of carbonyl (C=O) groups excluding carboxylic acids is 4. The second-order valence-electron chi connectivity index (χ2n) is 12.0. The van der Waals surface area contributed by atoms with Gasteiger partial charge in [0.2, 0.25) is 11.4 Å². The summed E-state index contributed by atoms with van der Waals surface area (Å²) in [6.07, 6.45) is 8.62. The molecule has 8 heteroatoms. The third kappa shape index (κ3) is 5.17. The summed E-state index contributed by atoms with van der Waals surface area (Å²) in [5.41, 5.74) is 5.58. The van der Waals surface area contributed by atoms with Crippen molar-refractivity contribution in [2.24, 2.45) is 29.4 Å². The van der Waals surface area contributed by atoms with E-state index in [-0.39, 0.29) is 11.8 Å². The van der Waals surface area contributed by atoms with Crippen molar-refractivity contribution in [3.63, 3.8) is 0 Å². The van der Waals surface area contributed by atoms with Gasteiger partial charge in [-0.15, -0.1) is 0 Å². The number of fused-ring (bicyclic) bond motifs is 1. The van der Waals surface area contributed by atoms with Crippen LogP contribution in [0, 0.1) is 23.7 Å². The van der Waals surface area contributed by atoms with Crippen LogP contribution in [0.3, 0.4) is 0 Å². The summed E-state index contributed by atoms with van der Waals surface area (Å²) in [5.74, 6) is -1.67. The van der Waals surface area contributed by atoms with Crippen molar-refractivity contribution < 1.29 is 19.2 Å². The molecule has 3 fully saturated rings. The summed E-state index contributed by atoms with van der Waals surface area (Å²) in [6.45, 7) is 4.47. The number of benzene rings is 1. The van der Waals surface area contributed by atoms with Crippen LogP contribution in [0.25, 0.3) is 0 Å². The fourth-order valence-corrected chi connectivity index (χ4v) is 5.84. The van der Waals surface area contributed by atoms with Crippen LogP contribution in [0.5, 0.6) is 0 Å². The van der Waals surface area contributed by atoms with Crippen LogP contribution in [-0.2, 0) is 19.2 Å². The van der Waals surface area contributed by atoms with Gasteiger partial charge in [0.1, 0.15) is 0 Å². The molecule has 4 aliphatic rings. The van der Waals surface area contributed by atoms with Crippen LogP contribution >= 0.6 is 0 Å². The molecule has 0 radical (unpaired) electrons. The largest absolute Gasteiger partial charge is 0.346 e. The van der Waals surface area contributed by atoms with Gasteiger partial charge in [0.05, 0.1) is 17.4 Å². The highest BCUT2D eigenvalue weighted by atomic mass is 16.2. The minimum atomic E-state index is -2.40. The first-order chi connectivity index (χ1) is 17.7. The minimum Gasteiger partial charge on any atom is -0.346 e. The molecule has 1 heterocycles. The molecule has 3 N–H and O–H groups in total. The van der Waals surface area contributed by atoms with Gasteiger partial charge in [-0.1, -0.05) is 38.8 Å². The van der Waals surface area contributed by atoms with Crippen molar-refractivity contribution in [3.8, 4) is 0 Å². The van der Waals surface area contributed by atoms with Crippen molar-refractivity contribution in [3.05, 3.63) is 24.3 Å². The fourth-order valence-electron chi connectivity index (χ4n) is 5.84. The molecule has 1 aliphatic heterocycles. The van der Waals surface area contributed by atoms with Gasteiger partial charge >= 0.3 is 0 Å². The number of para-hydroxylation sites is 2. The van der Waals surface area contributed by atoms with E-state index in [2.05, 4.69) is 5.32 Å². The van der Waals surface area contributed by atoms with E-state index in [0.29, 0.717) is 48.6 Å². The molecule has 0 aromatic heterocycles. The molecule has 1 aromatic rings. The molecule has 3 amide bonds. The number of rotatable bonds is 10. The van der Waals surface area contributed by atoms with Gasteiger partial charge in [-0.3, -0.25) is 19.2 Å². The van der Waals surface area contributed by atoms with Crippen LogP contribution in [0.2, 0.25) is 0 Å². The van der Waals surface area contributed by atoms with Gasteiger partial charge in [-0.2, -0.15) is 0 Å². The Morgan fingerprint density at radius 1 is 0.892 bits per heavy atom. The second kappa shape index (κ2) is 10.2. The number of nitrogens with one attached hydrogen (secondary N) is 1. The molecule has 0 bridgehead atoms. The average Bonchev–Trinajstić information content (AvgIpc) is 3.82.